The summed E-state index contributed by atoms with van der Waals surface area (Å²) in [5, 5.41) is 1.30. The number of ether oxygens (including phenoxy) is 2. The van der Waals surface area contributed by atoms with Crippen molar-refractivity contribution in [2.24, 2.45) is 0 Å². The molecule has 0 saturated carbocycles. The summed E-state index contributed by atoms with van der Waals surface area (Å²) in [6.45, 7) is 2.73. The highest BCUT2D eigenvalue weighted by atomic mass is 32.2. The number of morpholine rings is 1. The van der Waals surface area contributed by atoms with Crippen molar-refractivity contribution in [2.75, 3.05) is 33.4 Å². The minimum atomic E-state index is -3.50. The second-order valence-electron chi connectivity index (χ2n) is 6.02. The minimum Gasteiger partial charge on any atom is -0.496 e. The number of methoxy groups -OCH3 is 1. The van der Waals surface area contributed by atoms with Gasteiger partial charge in [-0.05, 0) is 18.2 Å². The summed E-state index contributed by atoms with van der Waals surface area (Å²) in [5.74, 6) is 0.741. The van der Waals surface area contributed by atoms with Gasteiger partial charge in [-0.15, -0.1) is 0 Å². The van der Waals surface area contributed by atoms with Gasteiger partial charge in [-0.1, -0.05) is 42.5 Å². The Bertz CT molecular complexity index is 843. The first-order chi connectivity index (χ1) is 12.6. The van der Waals surface area contributed by atoms with Crippen LogP contribution in [0.25, 0.3) is 0 Å². The number of sulfone groups is 1. The molecule has 0 bridgehead atoms. The molecule has 0 amide bonds. The van der Waals surface area contributed by atoms with E-state index in [-0.39, 0.29) is 10.9 Å². The molecule has 0 aliphatic carbocycles. The monoisotopic (exact) mass is 373 g/mol. The summed E-state index contributed by atoms with van der Waals surface area (Å²) >= 11 is 0. The van der Waals surface area contributed by atoms with Crippen molar-refractivity contribution >= 4 is 9.84 Å². The van der Waals surface area contributed by atoms with E-state index < -0.39 is 9.84 Å². The third-order valence-corrected chi connectivity index (χ3v) is 5.85. The van der Waals surface area contributed by atoms with Crippen LogP contribution >= 0.6 is 0 Å². The van der Waals surface area contributed by atoms with E-state index in [9.17, 15) is 8.42 Å². The highest BCUT2D eigenvalue weighted by Crippen LogP contribution is 2.31. The molecule has 3 rings (SSSR count). The molecular formula is C20H23NO4S. The van der Waals surface area contributed by atoms with Gasteiger partial charge in [-0.25, -0.2) is 8.42 Å². The molecule has 5 nitrogen and oxygen atoms in total. The standard InChI is InChI=1S/C20H23NO4S/c1-24-20-10-6-5-9-18(20)19(21-12-14-25-15-13-21)11-16-26(22,23)17-7-3-2-4-8-17/h2-11,16,19H,12-15H2,1H3/b16-11+. The molecule has 0 aromatic heterocycles. The average molecular weight is 373 g/mol. The number of para-hydroxylation sites is 1. The fraction of sp³-hybridized carbons (Fsp3) is 0.300. The Balaban J connectivity index is 1.96. The van der Waals surface area contributed by atoms with Gasteiger partial charge in [0, 0.05) is 24.1 Å². The summed E-state index contributed by atoms with van der Waals surface area (Å²) in [6.07, 6.45) is 1.74. The van der Waals surface area contributed by atoms with Crippen LogP contribution in [0.1, 0.15) is 11.6 Å². The van der Waals surface area contributed by atoms with E-state index in [4.69, 9.17) is 9.47 Å². The van der Waals surface area contributed by atoms with Crippen LogP contribution in [0.5, 0.6) is 5.75 Å². The molecule has 1 aliphatic rings. The molecule has 1 saturated heterocycles. The zero-order chi connectivity index (χ0) is 18.4. The van der Waals surface area contributed by atoms with E-state index in [0.29, 0.717) is 13.2 Å². The molecule has 1 fully saturated rings. The first kappa shape index (κ1) is 18.6. The summed E-state index contributed by atoms with van der Waals surface area (Å²) in [6, 6.07) is 16.0. The first-order valence-corrected chi connectivity index (χ1v) is 10.1. The van der Waals surface area contributed by atoms with E-state index in [1.54, 1.807) is 43.5 Å². The molecule has 6 heteroatoms. The Morgan fingerprint density at radius 2 is 1.69 bits per heavy atom. The number of benzene rings is 2. The Labute approximate surface area is 154 Å². The second-order valence-corrected chi connectivity index (χ2v) is 7.86. The molecule has 0 spiro atoms. The topological polar surface area (TPSA) is 55.8 Å². The highest BCUT2D eigenvalue weighted by molar-refractivity contribution is 7.94. The minimum absolute atomic E-state index is 0.200. The van der Waals surface area contributed by atoms with Crippen molar-refractivity contribution < 1.29 is 17.9 Å². The summed E-state index contributed by atoms with van der Waals surface area (Å²) in [7, 11) is -1.88. The molecule has 0 radical (unpaired) electrons. The van der Waals surface area contributed by atoms with Crippen LogP contribution in [0.2, 0.25) is 0 Å². The highest BCUT2D eigenvalue weighted by Gasteiger charge is 2.24. The largest absolute Gasteiger partial charge is 0.496 e. The summed E-state index contributed by atoms with van der Waals surface area (Å²) < 4.78 is 36.2. The van der Waals surface area contributed by atoms with Gasteiger partial charge < -0.3 is 9.47 Å². The van der Waals surface area contributed by atoms with Crippen LogP contribution < -0.4 is 4.74 Å². The van der Waals surface area contributed by atoms with Crippen molar-refractivity contribution in [3.8, 4) is 5.75 Å². The van der Waals surface area contributed by atoms with E-state index in [1.807, 2.05) is 24.3 Å². The van der Waals surface area contributed by atoms with Crippen LogP contribution in [0, 0.1) is 0 Å². The van der Waals surface area contributed by atoms with E-state index >= 15 is 0 Å². The SMILES string of the molecule is COc1ccccc1C(/C=C/S(=O)(=O)c1ccccc1)N1CCOCC1. The lowest BCUT2D eigenvalue weighted by Crippen LogP contribution is -2.38. The normalized spacial score (nSPS) is 17.3. The smallest absolute Gasteiger partial charge is 0.199 e. The molecular weight excluding hydrogens is 350 g/mol. The maximum absolute atomic E-state index is 12.6. The third-order valence-electron chi connectivity index (χ3n) is 4.41. The number of nitrogens with zero attached hydrogens (tertiary/aromatic N) is 1. The maximum Gasteiger partial charge on any atom is 0.199 e. The lowest BCUT2D eigenvalue weighted by Gasteiger charge is -2.33. The third kappa shape index (κ3) is 4.33. The zero-order valence-electron chi connectivity index (χ0n) is 14.7. The van der Waals surface area contributed by atoms with E-state index in [1.165, 1.54) is 5.41 Å². The Morgan fingerprint density at radius 1 is 1.04 bits per heavy atom. The molecule has 1 unspecified atom stereocenters. The van der Waals surface area contributed by atoms with Gasteiger partial charge in [0.2, 0.25) is 0 Å². The summed E-state index contributed by atoms with van der Waals surface area (Å²) in [4.78, 5) is 2.50. The van der Waals surface area contributed by atoms with Gasteiger partial charge in [0.25, 0.3) is 0 Å². The van der Waals surface area contributed by atoms with Crippen molar-refractivity contribution in [1.82, 2.24) is 4.90 Å². The Hall–Kier alpha value is -2.15. The predicted octanol–water partition coefficient (Wildman–Crippen LogP) is 3.06. The molecule has 2 aromatic carbocycles. The van der Waals surface area contributed by atoms with Gasteiger partial charge in [-0.2, -0.15) is 0 Å². The van der Waals surface area contributed by atoms with Gasteiger partial charge in [0.05, 0.1) is 31.3 Å². The summed E-state index contributed by atoms with van der Waals surface area (Å²) in [5.41, 5.74) is 0.941. The number of hydrogen-bond donors (Lipinski definition) is 0. The molecule has 26 heavy (non-hydrogen) atoms. The van der Waals surface area contributed by atoms with Crippen molar-refractivity contribution in [3.05, 3.63) is 71.6 Å². The van der Waals surface area contributed by atoms with Crippen molar-refractivity contribution in [3.63, 3.8) is 0 Å². The molecule has 1 heterocycles. The van der Waals surface area contributed by atoms with Crippen LogP contribution in [-0.2, 0) is 14.6 Å². The fourth-order valence-electron chi connectivity index (χ4n) is 3.06. The van der Waals surface area contributed by atoms with Crippen LogP contribution in [0.3, 0.4) is 0 Å². The number of rotatable bonds is 6. The van der Waals surface area contributed by atoms with Crippen LogP contribution in [-0.4, -0.2) is 46.7 Å². The molecule has 0 N–H and O–H groups in total. The van der Waals surface area contributed by atoms with E-state index in [0.717, 1.165) is 24.4 Å². The fourth-order valence-corrected chi connectivity index (χ4v) is 4.10. The van der Waals surface area contributed by atoms with Gasteiger partial charge in [0.1, 0.15) is 5.75 Å². The molecule has 138 valence electrons. The van der Waals surface area contributed by atoms with Gasteiger partial charge in [0.15, 0.2) is 9.84 Å². The second kappa shape index (κ2) is 8.49. The van der Waals surface area contributed by atoms with Crippen molar-refractivity contribution in [2.45, 2.75) is 10.9 Å². The zero-order valence-corrected chi connectivity index (χ0v) is 15.6. The quantitative estimate of drug-likeness (QED) is 0.779. The molecule has 1 atom stereocenters. The molecule has 1 aliphatic heterocycles. The van der Waals surface area contributed by atoms with Crippen LogP contribution in [0.15, 0.2) is 71.0 Å². The molecule has 2 aromatic rings. The lowest BCUT2D eigenvalue weighted by molar-refractivity contribution is 0.0249. The van der Waals surface area contributed by atoms with Crippen molar-refractivity contribution in [1.29, 1.82) is 0 Å². The van der Waals surface area contributed by atoms with Crippen LogP contribution in [0.4, 0.5) is 0 Å². The lowest BCUT2D eigenvalue weighted by atomic mass is 10.0. The Morgan fingerprint density at radius 3 is 2.38 bits per heavy atom. The number of hydrogen-bond acceptors (Lipinski definition) is 5. The van der Waals surface area contributed by atoms with Gasteiger partial charge >= 0.3 is 0 Å². The average Bonchev–Trinajstić information content (AvgIpc) is 2.70. The Kier molecular flexibility index (Phi) is 6.08. The maximum atomic E-state index is 12.6. The van der Waals surface area contributed by atoms with E-state index in [2.05, 4.69) is 4.90 Å². The first-order valence-electron chi connectivity index (χ1n) is 8.55. The predicted molar refractivity (Wildman–Crippen MR) is 101 cm³/mol. The van der Waals surface area contributed by atoms with Gasteiger partial charge in [-0.3, -0.25) is 4.90 Å².